The monoisotopic (exact) mass is 207 g/mol. The van der Waals surface area contributed by atoms with E-state index in [4.69, 9.17) is 0 Å². The SMILES string of the molecule is c1ncc(-c2nnc3n2CCNC3)s1. The predicted octanol–water partition coefficient (Wildman–Crippen LogP) is 0.505. The average Bonchev–Trinajstić information content (AvgIpc) is 2.85. The van der Waals surface area contributed by atoms with Crippen LogP contribution in [0.2, 0.25) is 0 Å². The number of hydrogen-bond donors (Lipinski definition) is 1. The van der Waals surface area contributed by atoms with Gasteiger partial charge in [-0.3, -0.25) is 4.98 Å². The van der Waals surface area contributed by atoms with Gasteiger partial charge in [-0.2, -0.15) is 0 Å². The third kappa shape index (κ3) is 1.15. The molecule has 0 amide bonds. The predicted molar refractivity (Wildman–Crippen MR) is 52.8 cm³/mol. The van der Waals surface area contributed by atoms with E-state index >= 15 is 0 Å². The van der Waals surface area contributed by atoms with Gasteiger partial charge in [0.2, 0.25) is 0 Å². The second-order valence-electron chi connectivity index (χ2n) is 3.13. The second kappa shape index (κ2) is 3.14. The van der Waals surface area contributed by atoms with E-state index in [0.717, 1.165) is 36.2 Å². The van der Waals surface area contributed by atoms with Gasteiger partial charge in [0.1, 0.15) is 5.82 Å². The van der Waals surface area contributed by atoms with E-state index in [-0.39, 0.29) is 0 Å². The number of aromatic nitrogens is 4. The lowest BCUT2D eigenvalue weighted by Gasteiger charge is -2.15. The number of rotatable bonds is 1. The summed E-state index contributed by atoms with van der Waals surface area (Å²) in [6, 6.07) is 0. The van der Waals surface area contributed by atoms with E-state index in [1.165, 1.54) is 0 Å². The van der Waals surface area contributed by atoms with E-state index in [2.05, 4.69) is 25.1 Å². The van der Waals surface area contributed by atoms with Crippen molar-refractivity contribution in [3.63, 3.8) is 0 Å². The fourth-order valence-corrected chi connectivity index (χ4v) is 2.21. The minimum Gasteiger partial charge on any atom is -0.308 e. The summed E-state index contributed by atoms with van der Waals surface area (Å²) in [5, 5.41) is 11.6. The van der Waals surface area contributed by atoms with Crippen molar-refractivity contribution < 1.29 is 0 Å². The summed E-state index contributed by atoms with van der Waals surface area (Å²) in [7, 11) is 0. The molecular weight excluding hydrogens is 198 g/mol. The lowest BCUT2D eigenvalue weighted by atomic mass is 10.4. The maximum absolute atomic E-state index is 4.18. The summed E-state index contributed by atoms with van der Waals surface area (Å²) in [5.41, 5.74) is 1.82. The van der Waals surface area contributed by atoms with E-state index in [0.29, 0.717) is 0 Å². The summed E-state index contributed by atoms with van der Waals surface area (Å²) in [6.45, 7) is 2.73. The highest BCUT2D eigenvalue weighted by Crippen LogP contribution is 2.22. The van der Waals surface area contributed by atoms with Crippen LogP contribution >= 0.6 is 11.3 Å². The van der Waals surface area contributed by atoms with Gasteiger partial charge in [-0.15, -0.1) is 21.5 Å². The maximum atomic E-state index is 4.18. The van der Waals surface area contributed by atoms with Crippen molar-refractivity contribution in [3.05, 3.63) is 17.5 Å². The molecule has 0 bridgehead atoms. The third-order valence-electron chi connectivity index (χ3n) is 2.28. The number of thiazole rings is 1. The van der Waals surface area contributed by atoms with Crippen LogP contribution in [0.4, 0.5) is 0 Å². The lowest BCUT2D eigenvalue weighted by Crippen LogP contribution is -2.28. The average molecular weight is 207 g/mol. The molecule has 2 aromatic rings. The molecule has 1 aliphatic rings. The maximum Gasteiger partial charge on any atom is 0.175 e. The molecule has 0 saturated carbocycles. The molecule has 3 heterocycles. The van der Waals surface area contributed by atoms with Crippen LogP contribution < -0.4 is 5.32 Å². The fraction of sp³-hybridized carbons (Fsp3) is 0.375. The van der Waals surface area contributed by atoms with E-state index < -0.39 is 0 Å². The van der Waals surface area contributed by atoms with Gasteiger partial charge in [-0.25, -0.2) is 0 Å². The molecule has 0 saturated heterocycles. The first-order valence-electron chi connectivity index (χ1n) is 4.47. The van der Waals surface area contributed by atoms with Crippen LogP contribution in [0.25, 0.3) is 10.7 Å². The van der Waals surface area contributed by atoms with Gasteiger partial charge < -0.3 is 9.88 Å². The van der Waals surface area contributed by atoms with E-state index in [1.54, 1.807) is 11.3 Å². The Bertz CT molecular complexity index is 433. The molecule has 0 radical (unpaired) electrons. The number of nitrogens with one attached hydrogen (secondary N) is 1. The van der Waals surface area contributed by atoms with Crippen molar-refractivity contribution in [2.24, 2.45) is 0 Å². The lowest BCUT2D eigenvalue weighted by molar-refractivity contribution is 0.508. The van der Waals surface area contributed by atoms with Gasteiger partial charge >= 0.3 is 0 Å². The zero-order chi connectivity index (χ0) is 9.38. The van der Waals surface area contributed by atoms with Crippen molar-refractivity contribution >= 4 is 11.3 Å². The number of hydrogen-bond acceptors (Lipinski definition) is 5. The summed E-state index contributed by atoms with van der Waals surface area (Å²) in [5.74, 6) is 1.96. The topological polar surface area (TPSA) is 55.6 Å². The smallest absolute Gasteiger partial charge is 0.175 e. The van der Waals surface area contributed by atoms with Crippen LogP contribution in [0.15, 0.2) is 11.7 Å². The number of fused-ring (bicyclic) bond motifs is 1. The Hall–Kier alpha value is -1.27. The largest absolute Gasteiger partial charge is 0.308 e. The minimum absolute atomic E-state index is 0.811. The van der Waals surface area contributed by atoms with Crippen molar-refractivity contribution in [2.45, 2.75) is 13.1 Å². The molecule has 0 unspecified atom stereocenters. The van der Waals surface area contributed by atoms with Crippen molar-refractivity contribution in [3.8, 4) is 10.7 Å². The van der Waals surface area contributed by atoms with Crippen LogP contribution in [0, 0.1) is 0 Å². The molecule has 72 valence electrons. The Morgan fingerprint density at radius 3 is 3.29 bits per heavy atom. The molecular formula is C8H9N5S. The van der Waals surface area contributed by atoms with Crippen LogP contribution in [0.1, 0.15) is 5.82 Å². The summed E-state index contributed by atoms with van der Waals surface area (Å²) < 4.78 is 2.16. The van der Waals surface area contributed by atoms with Gasteiger partial charge in [0.05, 0.1) is 16.9 Å². The molecule has 0 fully saturated rings. The van der Waals surface area contributed by atoms with Crippen LogP contribution in [0.5, 0.6) is 0 Å². The van der Waals surface area contributed by atoms with Gasteiger partial charge in [0.15, 0.2) is 5.82 Å². The highest BCUT2D eigenvalue weighted by Gasteiger charge is 2.16. The quantitative estimate of drug-likeness (QED) is 0.740. The molecule has 0 aliphatic carbocycles. The van der Waals surface area contributed by atoms with E-state index in [9.17, 15) is 0 Å². The Balaban J connectivity index is 2.11. The minimum atomic E-state index is 0.811. The summed E-state index contributed by atoms with van der Waals surface area (Å²) >= 11 is 1.60. The first-order chi connectivity index (χ1) is 6.95. The van der Waals surface area contributed by atoms with Crippen molar-refractivity contribution in [1.82, 2.24) is 25.1 Å². The summed E-state index contributed by atoms with van der Waals surface area (Å²) in [6.07, 6.45) is 1.84. The molecule has 0 atom stereocenters. The third-order valence-corrected chi connectivity index (χ3v) is 3.04. The summed E-state index contributed by atoms with van der Waals surface area (Å²) in [4.78, 5) is 5.14. The van der Waals surface area contributed by atoms with Gasteiger partial charge in [-0.1, -0.05) is 0 Å². The molecule has 0 aromatic carbocycles. The molecule has 1 aliphatic heterocycles. The highest BCUT2D eigenvalue weighted by molar-refractivity contribution is 7.13. The zero-order valence-corrected chi connectivity index (χ0v) is 8.29. The highest BCUT2D eigenvalue weighted by atomic mass is 32.1. The molecule has 3 rings (SSSR count). The Kier molecular flexibility index (Phi) is 1.81. The fourth-order valence-electron chi connectivity index (χ4n) is 1.60. The van der Waals surface area contributed by atoms with Gasteiger partial charge in [0, 0.05) is 19.3 Å². The molecule has 6 heteroatoms. The zero-order valence-electron chi connectivity index (χ0n) is 7.47. The molecule has 0 spiro atoms. The van der Waals surface area contributed by atoms with Crippen LogP contribution in [-0.4, -0.2) is 26.3 Å². The Morgan fingerprint density at radius 2 is 2.43 bits per heavy atom. The standard InChI is InChI=1S/C8H9N5S/c1-2-13-7(4-9-1)11-12-8(13)6-3-10-5-14-6/h3,5,9H,1-2,4H2. The van der Waals surface area contributed by atoms with Gasteiger partial charge in [-0.05, 0) is 0 Å². The normalized spacial score (nSPS) is 15.4. The van der Waals surface area contributed by atoms with Crippen molar-refractivity contribution in [1.29, 1.82) is 0 Å². The molecule has 5 nitrogen and oxygen atoms in total. The van der Waals surface area contributed by atoms with E-state index in [1.807, 2.05) is 11.7 Å². The first-order valence-corrected chi connectivity index (χ1v) is 5.35. The Labute approximate surface area is 84.8 Å². The molecule has 1 N–H and O–H groups in total. The van der Waals surface area contributed by atoms with Crippen molar-refractivity contribution in [2.75, 3.05) is 6.54 Å². The molecule has 14 heavy (non-hydrogen) atoms. The van der Waals surface area contributed by atoms with Crippen LogP contribution in [0.3, 0.4) is 0 Å². The first kappa shape index (κ1) is 8.07. The second-order valence-corrected chi connectivity index (χ2v) is 4.02. The van der Waals surface area contributed by atoms with Gasteiger partial charge in [0.25, 0.3) is 0 Å². The van der Waals surface area contributed by atoms with Crippen LogP contribution in [-0.2, 0) is 13.1 Å². The Morgan fingerprint density at radius 1 is 1.43 bits per heavy atom. The number of nitrogens with zero attached hydrogens (tertiary/aromatic N) is 4. The molecule has 2 aromatic heterocycles.